The average Bonchev–Trinajstić information content (AvgIpc) is 2.77. The van der Waals surface area contributed by atoms with Gasteiger partial charge in [-0.15, -0.1) is 23.5 Å². The van der Waals surface area contributed by atoms with Crippen molar-refractivity contribution in [3.63, 3.8) is 0 Å². The molecule has 1 N–H and O–H groups in total. The molecule has 0 radical (unpaired) electrons. The highest BCUT2D eigenvalue weighted by Gasteiger charge is 2.39. The molecule has 0 amide bonds. The summed E-state index contributed by atoms with van der Waals surface area (Å²) in [7, 11) is 0. The number of rotatable bonds is 4. The van der Waals surface area contributed by atoms with E-state index in [0.29, 0.717) is 6.61 Å². The first kappa shape index (κ1) is 7.28. The molecule has 2 fully saturated rings. The van der Waals surface area contributed by atoms with Gasteiger partial charge in [0.2, 0.25) is 0 Å². The van der Waals surface area contributed by atoms with Gasteiger partial charge >= 0.3 is 0 Å². The lowest BCUT2D eigenvalue weighted by Gasteiger charge is -2.17. The summed E-state index contributed by atoms with van der Waals surface area (Å²) >= 11 is 3.97. The molecule has 0 saturated carbocycles. The Kier molecular flexibility index (Phi) is 2.13. The van der Waals surface area contributed by atoms with Crippen LogP contribution in [-0.2, 0) is 0 Å². The van der Waals surface area contributed by atoms with E-state index >= 15 is 0 Å². The molecule has 4 heteroatoms. The summed E-state index contributed by atoms with van der Waals surface area (Å²) in [6.45, 7) is 1.18. The molecule has 0 spiro atoms. The predicted octanol–water partition coefficient (Wildman–Crippen LogP) is 0.426. The molecule has 2 aliphatic rings. The first-order valence-corrected chi connectivity index (χ1v) is 5.61. The van der Waals surface area contributed by atoms with Crippen LogP contribution in [0.3, 0.4) is 0 Å². The van der Waals surface area contributed by atoms with Gasteiger partial charge in [-0.3, -0.25) is 4.90 Å². The van der Waals surface area contributed by atoms with Crippen molar-refractivity contribution in [2.24, 2.45) is 0 Å². The molecule has 2 atom stereocenters. The topological polar surface area (TPSA) is 23.5 Å². The van der Waals surface area contributed by atoms with Gasteiger partial charge in [-0.05, 0) is 0 Å². The zero-order chi connectivity index (χ0) is 6.97. The fraction of sp³-hybridized carbons (Fsp3) is 1.00. The van der Waals surface area contributed by atoms with E-state index < -0.39 is 0 Å². The summed E-state index contributed by atoms with van der Waals surface area (Å²) in [5, 5.41) is 10.2. The third-order valence-corrected chi connectivity index (χ3v) is 3.53. The van der Waals surface area contributed by atoms with Gasteiger partial charge in [0.25, 0.3) is 0 Å². The van der Waals surface area contributed by atoms with Gasteiger partial charge in [0.15, 0.2) is 0 Å². The molecule has 0 unspecified atom stereocenters. The lowest BCUT2D eigenvalue weighted by molar-refractivity contribution is 0.204. The van der Waals surface area contributed by atoms with Crippen LogP contribution in [-0.4, -0.2) is 45.4 Å². The standard InChI is InChI=1S/C6H11NOS2/c8-2-1-7(5-3-9-5)6-4-10-6/h5-6,8H,1-4H2/t5-,6+. The third-order valence-electron chi connectivity index (χ3n) is 1.73. The van der Waals surface area contributed by atoms with E-state index in [1.165, 1.54) is 11.5 Å². The number of aliphatic hydroxyl groups is 1. The zero-order valence-electron chi connectivity index (χ0n) is 5.69. The van der Waals surface area contributed by atoms with Gasteiger partial charge in [-0.25, -0.2) is 0 Å². The molecule has 10 heavy (non-hydrogen) atoms. The number of aliphatic hydroxyl groups excluding tert-OH is 1. The highest BCUT2D eigenvalue weighted by Crippen LogP contribution is 2.43. The van der Waals surface area contributed by atoms with Gasteiger partial charge in [0.1, 0.15) is 0 Å². The number of hydrogen-bond acceptors (Lipinski definition) is 4. The van der Waals surface area contributed by atoms with E-state index in [1.54, 1.807) is 0 Å². The molecular formula is C6H11NOS2. The smallest absolute Gasteiger partial charge is 0.0660 e. The molecule has 58 valence electrons. The Morgan fingerprint density at radius 3 is 2.10 bits per heavy atom. The summed E-state index contributed by atoms with van der Waals surface area (Å²) in [6.07, 6.45) is 0. The molecular weight excluding hydrogens is 166 g/mol. The molecule has 0 bridgehead atoms. The van der Waals surface area contributed by atoms with Crippen molar-refractivity contribution < 1.29 is 5.11 Å². The summed E-state index contributed by atoms with van der Waals surface area (Å²) in [5.74, 6) is 2.55. The largest absolute Gasteiger partial charge is 0.395 e. The maximum absolute atomic E-state index is 8.73. The SMILES string of the molecule is OCCN([C@@H]1CS1)[C@H]1CS1. The van der Waals surface area contributed by atoms with E-state index in [9.17, 15) is 0 Å². The van der Waals surface area contributed by atoms with Gasteiger partial charge < -0.3 is 5.11 Å². The Morgan fingerprint density at radius 2 is 1.80 bits per heavy atom. The zero-order valence-corrected chi connectivity index (χ0v) is 7.33. The van der Waals surface area contributed by atoms with E-state index in [1.807, 2.05) is 23.5 Å². The molecule has 2 aliphatic heterocycles. The fourth-order valence-electron chi connectivity index (χ4n) is 1.06. The second-order valence-corrected chi connectivity index (χ2v) is 4.96. The van der Waals surface area contributed by atoms with Gasteiger partial charge in [-0.1, -0.05) is 0 Å². The van der Waals surface area contributed by atoms with Crippen LogP contribution in [0.5, 0.6) is 0 Å². The summed E-state index contributed by atoms with van der Waals surface area (Å²) in [6, 6.07) is 0. The van der Waals surface area contributed by atoms with Crippen LogP contribution in [0.4, 0.5) is 0 Å². The average molecular weight is 177 g/mol. The Hall–Kier alpha value is 0.620. The monoisotopic (exact) mass is 177 g/mol. The Bertz CT molecular complexity index is 113. The minimum Gasteiger partial charge on any atom is -0.395 e. The van der Waals surface area contributed by atoms with Crippen molar-refractivity contribution in [3.05, 3.63) is 0 Å². The third kappa shape index (κ3) is 1.61. The van der Waals surface area contributed by atoms with Crippen LogP contribution < -0.4 is 0 Å². The molecule has 0 aromatic rings. The van der Waals surface area contributed by atoms with Crippen molar-refractivity contribution in [3.8, 4) is 0 Å². The van der Waals surface area contributed by atoms with E-state index in [-0.39, 0.29) is 0 Å². The van der Waals surface area contributed by atoms with Crippen LogP contribution >= 0.6 is 23.5 Å². The molecule has 0 aliphatic carbocycles. The quantitative estimate of drug-likeness (QED) is 0.629. The van der Waals surface area contributed by atoms with Crippen molar-refractivity contribution in [2.75, 3.05) is 24.7 Å². The van der Waals surface area contributed by atoms with E-state index in [0.717, 1.165) is 17.3 Å². The minimum atomic E-state index is 0.314. The number of thioether (sulfide) groups is 2. The number of nitrogens with zero attached hydrogens (tertiary/aromatic N) is 1. The lowest BCUT2D eigenvalue weighted by Crippen LogP contribution is -2.31. The van der Waals surface area contributed by atoms with Crippen molar-refractivity contribution in [1.82, 2.24) is 4.90 Å². The summed E-state index contributed by atoms with van der Waals surface area (Å²) < 4.78 is 0. The fourth-order valence-corrected chi connectivity index (χ4v) is 2.58. The maximum Gasteiger partial charge on any atom is 0.0660 e. The summed E-state index contributed by atoms with van der Waals surface area (Å²) in [5.41, 5.74) is 0. The van der Waals surface area contributed by atoms with Crippen LogP contribution in [0.15, 0.2) is 0 Å². The van der Waals surface area contributed by atoms with Gasteiger partial charge in [-0.2, -0.15) is 0 Å². The first-order valence-electron chi connectivity index (χ1n) is 3.51. The highest BCUT2D eigenvalue weighted by molar-refractivity contribution is 8.07. The second kappa shape index (κ2) is 2.93. The molecule has 2 rings (SSSR count). The van der Waals surface area contributed by atoms with Gasteiger partial charge in [0, 0.05) is 18.1 Å². The number of hydrogen-bond donors (Lipinski definition) is 1. The van der Waals surface area contributed by atoms with Crippen molar-refractivity contribution >= 4 is 23.5 Å². The van der Waals surface area contributed by atoms with Gasteiger partial charge in [0.05, 0.1) is 17.4 Å². The first-order chi connectivity index (χ1) is 4.92. The van der Waals surface area contributed by atoms with E-state index in [2.05, 4.69) is 4.90 Å². The minimum absolute atomic E-state index is 0.314. The molecule has 2 saturated heterocycles. The van der Waals surface area contributed by atoms with Crippen molar-refractivity contribution in [1.29, 1.82) is 0 Å². The normalized spacial score (nSPS) is 36.6. The van der Waals surface area contributed by atoms with Crippen LogP contribution in [0.2, 0.25) is 0 Å². The lowest BCUT2D eigenvalue weighted by atomic mass is 10.5. The van der Waals surface area contributed by atoms with Crippen LogP contribution in [0, 0.1) is 0 Å². The Balaban J connectivity index is 1.80. The second-order valence-electron chi connectivity index (χ2n) is 2.54. The molecule has 2 nitrogen and oxygen atoms in total. The van der Waals surface area contributed by atoms with Crippen LogP contribution in [0.1, 0.15) is 0 Å². The highest BCUT2D eigenvalue weighted by atomic mass is 32.2. The maximum atomic E-state index is 8.73. The summed E-state index contributed by atoms with van der Waals surface area (Å²) in [4.78, 5) is 2.41. The molecule has 2 heterocycles. The van der Waals surface area contributed by atoms with Crippen LogP contribution in [0.25, 0.3) is 0 Å². The molecule has 0 aromatic heterocycles. The predicted molar refractivity (Wildman–Crippen MR) is 46.3 cm³/mol. The Morgan fingerprint density at radius 1 is 1.30 bits per heavy atom. The molecule has 0 aromatic carbocycles. The van der Waals surface area contributed by atoms with Crippen molar-refractivity contribution in [2.45, 2.75) is 10.7 Å². The van der Waals surface area contributed by atoms with E-state index in [4.69, 9.17) is 5.11 Å². The Labute approximate surface area is 69.4 Å².